The van der Waals surface area contributed by atoms with Crippen molar-refractivity contribution < 1.29 is 15.0 Å². The molecule has 0 atom stereocenters. The second-order valence-electron chi connectivity index (χ2n) is 4.60. The number of aromatic hydroxyl groups is 1. The molecule has 0 aliphatic heterocycles. The van der Waals surface area contributed by atoms with Crippen LogP contribution in [0.1, 0.15) is 10.4 Å². The Bertz CT molecular complexity index is 1120. The van der Waals surface area contributed by atoms with Crippen LogP contribution in [0.5, 0.6) is 5.75 Å². The number of aliphatic hydroxyl groups excluding tert-OH is 1. The summed E-state index contributed by atoms with van der Waals surface area (Å²) >= 11 is 0. The Kier molecular flexibility index (Phi) is 2.81. The highest BCUT2D eigenvalue weighted by Crippen LogP contribution is 2.14. The standard InChI is InChI=1S/C14H9N3O5/c15-14(22)5-1-2-7(19)12-10(5)16-13-9(21)3-8(20)6(4-18)11(13)17-12/h1-4,16,18,20H,(H2,15,22)/b6-4-. The molecular formula is C14H9N3O5. The van der Waals surface area contributed by atoms with Crippen molar-refractivity contribution in [3.63, 3.8) is 0 Å². The van der Waals surface area contributed by atoms with Gasteiger partial charge in [-0.25, -0.2) is 4.98 Å². The minimum atomic E-state index is -0.789. The zero-order chi connectivity index (χ0) is 16.0. The largest absolute Gasteiger partial charge is 0.515 e. The maximum atomic E-state index is 12.0. The number of nitrogens with zero attached hydrogens (tertiary/aromatic N) is 1. The van der Waals surface area contributed by atoms with E-state index in [0.29, 0.717) is 6.26 Å². The fraction of sp³-hybridized carbons (Fsp3) is 0. The predicted molar refractivity (Wildman–Crippen MR) is 78.6 cm³/mol. The molecule has 22 heavy (non-hydrogen) atoms. The molecule has 0 saturated carbocycles. The summed E-state index contributed by atoms with van der Waals surface area (Å²) in [6.07, 6.45) is 0.576. The molecule has 1 aromatic heterocycles. The van der Waals surface area contributed by atoms with E-state index in [0.717, 1.165) is 12.1 Å². The summed E-state index contributed by atoms with van der Waals surface area (Å²) in [5.41, 5.74) is 3.87. The van der Waals surface area contributed by atoms with Gasteiger partial charge in [0.25, 0.3) is 5.91 Å². The Labute approximate surface area is 121 Å². The Morgan fingerprint density at radius 2 is 1.91 bits per heavy atom. The molecule has 0 bridgehead atoms. The molecule has 1 amide bonds. The number of primary amides is 1. The van der Waals surface area contributed by atoms with E-state index in [1.807, 2.05) is 0 Å². The topological polar surface area (TPSA) is 146 Å². The number of fused-ring (bicyclic) bond motifs is 2. The van der Waals surface area contributed by atoms with Crippen LogP contribution < -0.4 is 21.8 Å². The van der Waals surface area contributed by atoms with Crippen LogP contribution in [0.25, 0.3) is 28.3 Å². The molecule has 0 radical (unpaired) electrons. The SMILES string of the molecule is NC(=O)c1ccc(=O)c2nc3/c(=C\O)c(O)cc(=O)c3[nH]c12. The average molecular weight is 299 g/mol. The van der Waals surface area contributed by atoms with Gasteiger partial charge in [-0.1, -0.05) is 0 Å². The fourth-order valence-corrected chi connectivity index (χ4v) is 2.26. The van der Waals surface area contributed by atoms with E-state index >= 15 is 0 Å². The van der Waals surface area contributed by atoms with Crippen molar-refractivity contribution in [3.05, 3.63) is 49.4 Å². The van der Waals surface area contributed by atoms with Crippen LogP contribution in [0.3, 0.4) is 0 Å². The van der Waals surface area contributed by atoms with Crippen molar-refractivity contribution in [2.24, 2.45) is 5.73 Å². The van der Waals surface area contributed by atoms with Gasteiger partial charge in [0.15, 0.2) is 0 Å². The first kappa shape index (κ1) is 13.6. The van der Waals surface area contributed by atoms with Crippen LogP contribution in [0.15, 0.2) is 27.8 Å². The summed E-state index contributed by atoms with van der Waals surface area (Å²) in [5, 5.41) is 18.8. The molecule has 0 aliphatic carbocycles. The molecule has 5 N–H and O–H groups in total. The smallest absolute Gasteiger partial charge is 0.250 e. The first-order valence-electron chi connectivity index (χ1n) is 6.11. The number of aromatic nitrogens is 2. The highest BCUT2D eigenvalue weighted by Gasteiger charge is 2.15. The number of aliphatic hydroxyl groups is 1. The van der Waals surface area contributed by atoms with Crippen LogP contribution in [-0.4, -0.2) is 26.1 Å². The normalized spacial score (nSPS) is 12.1. The lowest BCUT2D eigenvalue weighted by Crippen LogP contribution is -2.19. The van der Waals surface area contributed by atoms with Gasteiger partial charge < -0.3 is 20.9 Å². The number of benzene rings is 2. The van der Waals surface area contributed by atoms with Gasteiger partial charge in [0, 0.05) is 6.07 Å². The maximum absolute atomic E-state index is 12.0. The van der Waals surface area contributed by atoms with Gasteiger partial charge in [0.1, 0.15) is 22.3 Å². The third-order valence-electron chi connectivity index (χ3n) is 3.29. The Morgan fingerprint density at radius 3 is 2.55 bits per heavy atom. The lowest BCUT2D eigenvalue weighted by atomic mass is 10.1. The molecule has 0 aliphatic rings. The molecule has 8 nitrogen and oxygen atoms in total. The Morgan fingerprint density at radius 1 is 1.18 bits per heavy atom. The fourth-order valence-electron chi connectivity index (χ4n) is 2.26. The monoisotopic (exact) mass is 299 g/mol. The molecule has 3 rings (SSSR count). The summed E-state index contributed by atoms with van der Waals surface area (Å²) in [4.78, 5) is 42.0. The number of phenols is 1. The second kappa shape index (κ2) is 4.55. The van der Waals surface area contributed by atoms with Gasteiger partial charge in [-0.2, -0.15) is 0 Å². The minimum absolute atomic E-state index is 0.00556. The molecular weight excluding hydrogens is 290 g/mol. The van der Waals surface area contributed by atoms with E-state index in [4.69, 9.17) is 5.73 Å². The first-order chi connectivity index (χ1) is 10.4. The van der Waals surface area contributed by atoms with Crippen LogP contribution in [0, 0.1) is 0 Å². The van der Waals surface area contributed by atoms with Crippen LogP contribution in [0.2, 0.25) is 0 Å². The number of nitrogens with two attached hydrogens (primary N) is 1. The number of carbonyl (C=O) groups is 1. The summed E-state index contributed by atoms with van der Waals surface area (Å²) in [6, 6.07) is 3.25. The molecule has 0 saturated heterocycles. The van der Waals surface area contributed by atoms with Gasteiger partial charge in [0.05, 0.1) is 22.6 Å². The molecule has 0 spiro atoms. The highest BCUT2D eigenvalue weighted by molar-refractivity contribution is 6.05. The number of hydrogen-bond donors (Lipinski definition) is 4. The summed E-state index contributed by atoms with van der Waals surface area (Å²) in [6.45, 7) is 0. The molecule has 1 heterocycles. The van der Waals surface area contributed by atoms with Crippen LogP contribution in [0.4, 0.5) is 0 Å². The van der Waals surface area contributed by atoms with Crippen molar-refractivity contribution in [3.8, 4) is 5.75 Å². The average Bonchev–Trinajstić information content (AvgIpc) is 2.46. The summed E-state index contributed by atoms with van der Waals surface area (Å²) in [5.74, 6) is -1.26. The summed E-state index contributed by atoms with van der Waals surface area (Å²) in [7, 11) is 0. The van der Waals surface area contributed by atoms with E-state index in [1.165, 1.54) is 6.07 Å². The molecule has 0 unspecified atom stereocenters. The third-order valence-corrected chi connectivity index (χ3v) is 3.29. The number of carbonyl (C=O) groups excluding carboxylic acids is 1. The number of aromatic amines is 1. The van der Waals surface area contributed by atoms with Gasteiger partial charge >= 0.3 is 0 Å². The van der Waals surface area contributed by atoms with Crippen LogP contribution in [-0.2, 0) is 0 Å². The quantitative estimate of drug-likeness (QED) is 0.435. The molecule has 110 valence electrons. The minimum Gasteiger partial charge on any atom is -0.515 e. The Hall–Kier alpha value is -3.42. The van der Waals surface area contributed by atoms with Gasteiger partial charge in [0.2, 0.25) is 10.9 Å². The lowest BCUT2D eigenvalue weighted by molar-refractivity contribution is 0.100. The third kappa shape index (κ3) is 1.78. The van der Waals surface area contributed by atoms with E-state index in [2.05, 4.69) is 9.97 Å². The molecule has 0 fully saturated rings. The molecule has 8 heteroatoms. The number of nitrogens with one attached hydrogen (secondary N) is 1. The van der Waals surface area contributed by atoms with Crippen molar-refractivity contribution in [1.29, 1.82) is 0 Å². The number of hydrogen-bond acceptors (Lipinski definition) is 6. The van der Waals surface area contributed by atoms with E-state index < -0.39 is 22.5 Å². The zero-order valence-corrected chi connectivity index (χ0v) is 11.0. The van der Waals surface area contributed by atoms with E-state index in [9.17, 15) is 24.6 Å². The van der Waals surface area contributed by atoms with Crippen molar-refractivity contribution in [2.45, 2.75) is 0 Å². The molecule has 3 aromatic rings. The lowest BCUT2D eigenvalue weighted by Gasteiger charge is -2.05. The first-order valence-corrected chi connectivity index (χ1v) is 6.11. The van der Waals surface area contributed by atoms with Gasteiger partial charge in [-0.15, -0.1) is 0 Å². The number of phenolic OH excluding ortho intramolecular Hbond substituents is 1. The number of rotatable bonds is 1. The van der Waals surface area contributed by atoms with Crippen molar-refractivity contribution in [2.75, 3.05) is 0 Å². The number of amides is 1. The number of H-pyrrole nitrogens is 1. The van der Waals surface area contributed by atoms with Gasteiger partial charge in [-0.3, -0.25) is 14.4 Å². The van der Waals surface area contributed by atoms with Crippen molar-refractivity contribution in [1.82, 2.24) is 9.97 Å². The Balaban J connectivity index is 2.69. The van der Waals surface area contributed by atoms with Crippen LogP contribution >= 0.6 is 0 Å². The zero-order valence-electron chi connectivity index (χ0n) is 11.0. The van der Waals surface area contributed by atoms with E-state index in [1.54, 1.807) is 0 Å². The van der Waals surface area contributed by atoms with E-state index in [-0.39, 0.29) is 32.8 Å². The second-order valence-corrected chi connectivity index (χ2v) is 4.60. The summed E-state index contributed by atoms with van der Waals surface area (Å²) < 4.78 is 0. The van der Waals surface area contributed by atoms with Gasteiger partial charge in [-0.05, 0) is 12.1 Å². The van der Waals surface area contributed by atoms with Crippen molar-refractivity contribution >= 4 is 34.2 Å². The molecule has 2 aromatic carbocycles. The predicted octanol–water partition coefficient (Wildman–Crippen LogP) is -0.744. The highest BCUT2D eigenvalue weighted by atomic mass is 16.3. The maximum Gasteiger partial charge on any atom is 0.250 e.